The monoisotopic (exact) mass is 508 g/mol. The zero-order valence-electron chi connectivity index (χ0n) is 18.2. The Balaban J connectivity index is 1.47. The maximum Gasteiger partial charge on any atom is 0.296 e. The standard InChI is InChI=1S/C24H17FN4O4S2/c1-13-4-9-17(33-13)20(30)18-19(15-3-2-10-26-11-15)29(22(32)21(18)31)23-27-28-24(35-23)34-12-14-5-7-16(25)8-6-14/h2-11,19,31H,12H2,1H3/t19-/m1/s1. The van der Waals surface area contributed by atoms with Gasteiger partial charge in [0.1, 0.15) is 11.6 Å². The summed E-state index contributed by atoms with van der Waals surface area (Å²) in [6.45, 7) is 1.70. The number of aromatic nitrogens is 3. The van der Waals surface area contributed by atoms with Crippen molar-refractivity contribution in [1.29, 1.82) is 0 Å². The molecule has 4 aromatic rings. The molecule has 8 nitrogen and oxygen atoms in total. The lowest BCUT2D eigenvalue weighted by molar-refractivity contribution is -0.117. The smallest absolute Gasteiger partial charge is 0.296 e. The lowest BCUT2D eigenvalue weighted by Crippen LogP contribution is -2.31. The lowest BCUT2D eigenvalue weighted by atomic mass is 9.96. The molecule has 1 amide bonds. The molecule has 0 saturated carbocycles. The minimum Gasteiger partial charge on any atom is -0.503 e. The van der Waals surface area contributed by atoms with Crippen LogP contribution in [-0.4, -0.2) is 32.0 Å². The number of carbonyl (C=O) groups is 2. The van der Waals surface area contributed by atoms with Crippen LogP contribution in [0.2, 0.25) is 0 Å². The number of amides is 1. The van der Waals surface area contributed by atoms with E-state index in [0.717, 1.165) is 16.9 Å². The first kappa shape index (κ1) is 22.9. The number of carbonyl (C=O) groups excluding carboxylic acids is 2. The topological polar surface area (TPSA) is 109 Å². The van der Waals surface area contributed by atoms with Crippen LogP contribution in [0.15, 0.2) is 81.0 Å². The summed E-state index contributed by atoms with van der Waals surface area (Å²) in [6.07, 6.45) is 3.09. The van der Waals surface area contributed by atoms with Crippen molar-refractivity contribution in [3.05, 3.63) is 101 Å². The van der Waals surface area contributed by atoms with Crippen LogP contribution < -0.4 is 4.90 Å². The van der Waals surface area contributed by atoms with Crippen LogP contribution >= 0.6 is 23.1 Å². The predicted octanol–water partition coefficient (Wildman–Crippen LogP) is 5.05. The number of pyridine rings is 1. The fourth-order valence-corrected chi connectivity index (χ4v) is 5.48. The molecule has 35 heavy (non-hydrogen) atoms. The van der Waals surface area contributed by atoms with E-state index in [9.17, 15) is 19.1 Å². The number of hydrogen-bond donors (Lipinski definition) is 1. The second kappa shape index (κ2) is 9.43. The van der Waals surface area contributed by atoms with Crippen molar-refractivity contribution >= 4 is 39.9 Å². The SMILES string of the molecule is Cc1ccc(C(=O)C2=C(O)C(=O)N(c3nnc(SCc4ccc(F)cc4)s3)[C@@H]2c2cccnc2)o1. The van der Waals surface area contributed by atoms with Gasteiger partial charge in [0.2, 0.25) is 10.9 Å². The van der Waals surface area contributed by atoms with E-state index < -0.39 is 23.5 Å². The first-order valence-electron chi connectivity index (χ1n) is 10.4. The van der Waals surface area contributed by atoms with Gasteiger partial charge in [-0.25, -0.2) is 4.39 Å². The number of ketones is 1. The molecule has 1 atom stereocenters. The summed E-state index contributed by atoms with van der Waals surface area (Å²) in [6, 6.07) is 11.7. The van der Waals surface area contributed by atoms with Crippen molar-refractivity contribution in [2.75, 3.05) is 4.90 Å². The van der Waals surface area contributed by atoms with Crippen LogP contribution in [0.1, 0.15) is 33.5 Å². The molecule has 0 fully saturated rings. The Labute approximate surface area is 207 Å². The highest BCUT2D eigenvalue weighted by Gasteiger charge is 2.46. The Kier molecular flexibility index (Phi) is 6.18. The van der Waals surface area contributed by atoms with Gasteiger partial charge in [-0.05, 0) is 48.4 Å². The fourth-order valence-electron chi connectivity index (χ4n) is 3.66. The number of aryl methyl sites for hydroxylation is 1. The van der Waals surface area contributed by atoms with Crippen LogP contribution in [0, 0.1) is 12.7 Å². The normalized spacial score (nSPS) is 15.8. The summed E-state index contributed by atoms with van der Waals surface area (Å²) >= 11 is 2.53. The maximum atomic E-state index is 13.3. The van der Waals surface area contributed by atoms with Crippen LogP contribution in [-0.2, 0) is 10.5 Å². The molecule has 1 aromatic carbocycles. The highest BCUT2D eigenvalue weighted by Crippen LogP contribution is 2.43. The van der Waals surface area contributed by atoms with E-state index in [0.29, 0.717) is 21.4 Å². The Hall–Kier alpha value is -3.83. The molecule has 1 N–H and O–H groups in total. The number of benzene rings is 1. The van der Waals surface area contributed by atoms with Gasteiger partial charge in [-0.2, -0.15) is 0 Å². The number of nitrogens with zero attached hydrogens (tertiary/aromatic N) is 4. The Morgan fingerprint density at radius 2 is 2.00 bits per heavy atom. The number of Topliss-reactive ketones (excluding diaryl/α,β-unsaturated/α-hetero) is 1. The van der Waals surface area contributed by atoms with Gasteiger partial charge < -0.3 is 9.52 Å². The molecule has 0 bridgehead atoms. The number of thioether (sulfide) groups is 1. The first-order valence-corrected chi connectivity index (χ1v) is 12.2. The molecule has 1 aliphatic heterocycles. The minimum absolute atomic E-state index is 0.0143. The summed E-state index contributed by atoms with van der Waals surface area (Å²) in [5, 5.41) is 19.3. The molecule has 0 unspecified atom stereocenters. The Morgan fingerprint density at radius 3 is 2.69 bits per heavy atom. The van der Waals surface area contributed by atoms with Gasteiger partial charge in [0.25, 0.3) is 5.91 Å². The highest BCUT2D eigenvalue weighted by atomic mass is 32.2. The van der Waals surface area contributed by atoms with Crippen molar-refractivity contribution in [2.24, 2.45) is 0 Å². The van der Waals surface area contributed by atoms with Crippen molar-refractivity contribution in [1.82, 2.24) is 15.2 Å². The molecular weight excluding hydrogens is 491 g/mol. The summed E-state index contributed by atoms with van der Waals surface area (Å²) in [7, 11) is 0. The van der Waals surface area contributed by atoms with Gasteiger partial charge >= 0.3 is 0 Å². The molecular formula is C24H17FN4O4S2. The zero-order chi connectivity index (χ0) is 24.5. The Bertz CT molecular complexity index is 1430. The van der Waals surface area contributed by atoms with Gasteiger partial charge in [0.15, 0.2) is 15.9 Å². The summed E-state index contributed by atoms with van der Waals surface area (Å²) in [4.78, 5) is 31.8. The second-order valence-electron chi connectivity index (χ2n) is 7.63. The highest BCUT2D eigenvalue weighted by molar-refractivity contribution is 8.00. The number of furan rings is 1. The van der Waals surface area contributed by atoms with Gasteiger partial charge in [-0.1, -0.05) is 41.3 Å². The molecule has 11 heteroatoms. The summed E-state index contributed by atoms with van der Waals surface area (Å²) < 4.78 is 19.2. The van der Waals surface area contributed by atoms with Crippen LogP contribution in [0.25, 0.3) is 0 Å². The number of rotatable bonds is 7. The molecule has 0 radical (unpaired) electrons. The third-order valence-electron chi connectivity index (χ3n) is 5.29. The minimum atomic E-state index is -0.961. The number of hydrogen-bond acceptors (Lipinski definition) is 9. The molecule has 4 heterocycles. The van der Waals surface area contributed by atoms with Gasteiger partial charge in [0.05, 0.1) is 11.6 Å². The van der Waals surface area contributed by atoms with Gasteiger partial charge in [0, 0.05) is 18.1 Å². The van der Waals surface area contributed by atoms with Crippen molar-refractivity contribution in [3.8, 4) is 0 Å². The van der Waals surface area contributed by atoms with E-state index in [2.05, 4.69) is 15.2 Å². The van der Waals surface area contributed by atoms with Crippen LogP contribution in [0.5, 0.6) is 0 Å². The third-order valence-corrected chi connectivity index (χ3v) is 7.42. The van der Waals surface area contributed by atoms with E-state index in [1.54, 1.807) is 43.5 Å². The molecule has 0 saturated heterocycles. The predicted molar refractivity (Wildman–Crippen MR) is 128 cm³/mol. The van der Waals surface area contributed by atoms with E-state index >= 15 is 0 Å². The number of anilines is 1. The molecule has 0 aliphatic carbocycles. The van der Waals surface area contributed by atoms with Crippen molar-refractivity contribution < 1.29 is 23.5 Å². The van der Waals surface area contributed by atoms with Gasteiger partial charge in [-0.3, -0.25) is 19.5 Å². The van der Waals surface area contributed by atoms with E-state index in [4.69, 9.17) is 4.42 Å². The summed E-state index contributed by atoms with van der Waals surface area (Å²) in [5.41, 5.74) is 1.31. The van der Waals surface area contributed by atoms with Gasteiger partial charge in [-0.15, -0.1) is 10.2 Å². The maximum absolute atomic E-state index is 13.3. The second-order valence-corrected chi connectivity index (χ2v) is 9.81. The largest absolute Gasteiger partial charge is 0.503 e. The summed E-state index contributed by atoms with van der Waals surface area (Å²) in [5.74, 6) is -1.28. The van der Waals surface area contributed by atoms with Crippen LogP contribution in [0.4, 0.5) is 9.52 Å². The molecule has 5 rings (SSSR count). The number of halogens is 1. The number of aliphatic hydroxyl groups is 1. The number of aliphatic hydroxyl groups excluding tert-OH is 1. The fraction of sp³-hybridized carbons (Fsp3) is 0.125. The van der Waals surface area contributed by atoms with E-state index in [1.165, 1.54) is 41.1 Å². The van der Waals surface area contributed by atoms with Crippen LogP contribution in [0.3, 0.4) is 0 Å². The average molecular weight is 509 g/mol. The first-order chi connectivity index (χ1) is 16.9. The third kappa shape index (κ3) is 4.47. The van der Waals surface area contributed by atoms with Crippen molar-refractivity contribution in [3.63, 3.8) is 0 Å². The zero-order valence-corrected chi connectivity index (χ0v) is 19.8. The molecule has 176 valence electrons. The molecule has 3 aromatic heterocycles. The van der Waals surface area contributed by atoms with Crippen molar-refractivity contribution in [2.45, 2.75) is 23.1 Å². The molecule has 0 spiro atoms. The average Bonchev–Trinajstić information content (AvgIpc) is 3.57. The van der Waals surface area contributed by atoms with E-state index in [1.807, 2.05) is 0 Å². The quantitative estimate of drug-likeness (QED) is 0.210. The molecule has 1 aliphatic rings. The van der Waals surface area contributed by atoms with E-state index in [-0.39, 0.29) is 22.3 Å². The Morgan fingerprint density at radius 1 is 1.20 bits per heavy atom. The lowest BCUT2D eigenvalue weighted by Gasteiger charge is -2.23.